The van der Waals surface area contributed by atoms with Crippen molar-refractivity contribution in [2.24, 2.45) is 22.6 Å². The van der Waals surface area contributed by atoms with Gasteiger partial charge in [-0.1, -0.05) is 39.0 Å². The zero-order chi connectivity index (χ0) is 14.7. The Labute approximate surface area is 119 Å². The first-order chi connectivity index (χ1) is 9.01. The molecule has 0 amide bonds. The fraction of sp³-hybridized carbons (Fsp3) is 0.588. The Morgan fingerprint density at radius 2 is 2.05 bits per heavy atom. The molecule has 0 aromatic rings. The van der Waals surface area contributed by atoms with Gasteiger partial charge in [-0.15, -0.1) is 6.58 Å². The van der Waals surface area contributed by atoms with Gasteiger partial charge in [-0.05, 0) is 44.1 Å². The van der Waals surface area contributed by atoms with Crippen molar-refractivity contribution in [1.29, 1.82) is 0 Å². The van der Waals surface area contributed by atoms with Crippen molar-refractivity contribution in [3.8, 4) is 0 Å². The number of hydrogen-bond donors (Lipinski definition) is 1. The largest absolute Gasteiger partial charge is 0.402 e. The monoisotopic (exact) mass is 262 g/mol. The Kier molecular flexibility index (Phi) is 9.87. The number of nitrogens with two attached hydrogens (primary N) is 1. The molecule has 0 rings (SSSR count). The molecule has 0 heterocycles. The van der Waals surface area contributed by atoms with Gasteiger partial charge in [0.25, 0.3) is 0 Å². The smallest absolute Gasteiger partial charge is 0.0426 e. The van der Waals surface area contributed by atoms with Gasteiger partial charge in [0.1, 0.15) is 0 Å². The average Bonchev–Trinajstić information content (AvgIpc) is 2.36. The SMILES string of the molecule is C=CCC(/C=C\CCN=C(C)/C=C(\N)C(C)C)CC. The van der Waals surface area contributed by atoms with Crippen LogP contribution >= 0.6 is 0 Å². The number of rotatable bonds is 9. The second-order valence-corrected chi connectivity index (χ2v) is 5.23. The molecule has 0 saturated heterocycles. The van der Waals surface area contributed by atoms with Gasteiger partial charge in [-0.3, -0.25) is 4.99 Å². The van der Waals surface area contributed by atoms with E-state index >= 15 is 0 Å². The molecule has 1 unspecified atom stereocenters. The van der Waals surface area contributed by atoms with Crippen LogP contribution in [0.3, 0.4) is 0 Å². The van der Waals surface area contributed by atoms with E-state index in [9.17, 15) is 0 Å². The van der Waals surface area contributed by atoms with Crippen molar-refractivity contribution in [3.05, 3.63) is 36.6 Å². The highest BCUT2D eigenvalue weighted by Gasteiger charge is 1.98. The molecule has 0 aromatic heterocycles. The van der Waals surface area contributed by atoms with E-state index in [1.54, 1.807) is 0 Å². The summed E-state index contributed by atoms with van der Waals surface area (Å²) in [4.78, 5) is 4.50. The van der Waals surface area contributed by atoms with Crippen molar-refractivity contribution >= 4 is 5.71 Å². The summed E-state index contributed by atoms with van der Waals surface area (Å²) in [5.74, 6) is 1.01. The number of aliphatic imine (C=N–C) groups is 1. The summed E-state index contributed by atoms with van der Waals surface area (Å²) < 4.78 is 0. The summed E-state index contributed by atoms with van der Waals surface area (Å²) >= 11 is 0. The molecule has 0 aliphatic heterocycles. The number of allylic oxidation sites excluding steroid dienone is 4. The quantitative estimate of drug-likeness (QED) is 0.371. The zero-order valence-corrected chi connectivity index (χ0v) is 13.0. The minimum absolute atomic E-state index is 0.384. The second kappa shape index (κ2) is 10.6. The topological polar surface area (TPSA) is 38.4 Å². The molecule has 0 aliphatic carbocycles. The summed E-state index contributed by atoms with van der Waals surface area (Å²) in [6.07, 6.45) is 11.7. The van der Waals surface area contributed by atoms with Crippen molar-refractivity contribution in [2.75, 3.05) is 6.54 Å². The first-order valence-corrected chi connectivity index (χ1v) is 7.26. The highest BCUT2D eigenvalue weighted by molar-refractivity contribution is 5.93. The zero-order valence-electron chi connectivity index (χ0n) is 13.0. The van der Waals surface area contributed by atoms with E-state index in [1.807, 2.05) is 19.1 Å². The molecule has 19 heavy (non-hydrogen) atoms. The lowest BCUT2D eigenvalue weighted by molar-refractivity contribution is 0.636. The maximum Gasteiger partial charge on any atom is 0.0426 e. The van der Waals surface area contributed by atoms with Crippen LogP contribution in [0.4, 0.5) is 0 Å². The highest BCUT2D eigenvalue weighted by Crippen LogP contribution is 2.10. The molecule has 0 aromatic carbocycles. The Balaban J connectivity index is 4.11. The van der Waals surface area contributed by atoms with Gasteiger partial charge in [-0.2, -0.15) is 0 Å². The molecule has 2 heteroatoms. The fourth-order valence-electron chi connectivity index (χ4n) is 1.65. The van der Waals surface area contributed by atoms with Gasteiger partial charge in [0.15, 0.2) is 0 Å². The van der Waals surface area contributed by atoms with Crippen molar-refractivity contribution in [1.82, 2.24) is 0 Å². The van der Waals surface area contributed by atoms with Gasteiger partial charge in [0, 0.05) is 18.0 Å². The lowest BCUT2D eigenvalue weighted by Gasteiger charge is -2.05. The van der Waals surface area contributed by atoms with Gasteiger partial charge in [0.05, 0.1) is 0 Å². The van der Waals surface area contributed by atoms with Crippen LogP contribution < -0.4 is 5.73 Å². The van der Waals surface area contributed by atoms with Gasteiger partial charge >= 0.3 is 0 Å². The fourth-order valence-corrected chi connectivity index (χ4v) is 1.65. The van der Waals surface area contributed by atoms with E-state index in [-0.39, 0.29) is 0 Å². The molecule has 2 N–H and O–H groups in total. The summed E-state index contributed by atoms with van der Waals surface area (Å²) in [5.41, 5.74) is 7.80. The Bertz CT molecular complexity index is 335. The van der Waals surface area contributed by atoms with Crippen molar-refractivity contribution in [3.63, 3.8) is 0 Å². The molecule has 0 aliphatic rings. The Morgan fingerprint density at radius 3 is 2.58 bits per heavy atom. The van der Waals surface area contributed by atoms with Crippen LogP contribution in [0.5, 0.6) is 0 Å². The highest BCUT2D eigenvalue weighted by atomic mass is 14.7. The van der Waals surface area contributed by atoms with E-state index in [2.05, 4.69) is 44.5 Å². The van der Waals surface area contributed by atoms with Gasteiger partial charge in [0.2, 0.25) is 0 Å². The van der Waals surface area contributed by atoms with Gasteiger partial charge < -0.3 is 5.73 Å². The molecule has 2 nitrogen and oxygen atoms in total. The van der Waals surface area contributed by atoms with Crippen LogP contribution in [0.25, 0.3) is 0 Å². The molecular weight excluding hydrogens is 232 g/mol. The maximum absolute atomic E-state index is 5.90. The molecule has 0 spiro atoms. The third kappa shape index (κ3) is 9.29. The van der Waals surface area contributed by atoms with Crippen LogP contribution in [-0.4, -0.2) is 12.3 Å². The van der Waals surface area contributed by atoms with Crippen LogP contribution in [0.15, 0.2) is 41.6 Å². The predicted octanol–water partition coefficient (Wildman–Crippen LogP) is 4.49. The molecule has 1 atom stereocenters. The summed E-state index contributed by atoms with van der Waals surface area (Å²) in [5, 5.41) is 0. The van der Waals surface area contributed by atoms with Crippen molar-refractivity contribution < 1.29 is 0 Å². The second-order valence-electron chi connectivity index (χ2n) is 5.23. The first-order valence-electron chi connectivity index (χ1n) is 7.26. The number of nitrogens with zero attached hydrogens (tertiary/aromatic N) is 1. The first kappa shape index (κ1) is 17.7. The Hall–Kier alpha value is -1.31. The van der Waals surface area contributed by atoms with E-state index < -0.39 is 0 Å². The minimum atomic E-state index is 0.384. The van der Waals surface area contributed by atoms with Crippen LogP contribution in [0.2, 0.25) is 0 Å². The van der Waals surface area contributed by atoms with Crippen LogP contribution in [-0.2, 0) is 0 Å². The summed E-state index contributed by atoms with van der Waals surface area (Å²) in [6.45, 7) is 13.0. The van der Waals surface area contributed by atoms with Crippen molar-refractivity contribution in [2.45, 2.75) is 47.0 Å². The molecule has 0 fully saturated rings. The normalized spacial score (nSPS) is 15.2. The van der Waals surface area contributed by atoms with Crippen LogP contribution in [0.1, 0.15) is 47.0 Å². The average molecular weight is 262 g/mol. The van der Waals surface area contributed by atoms with Gasteiger partial charge in [-0.25, -0.2) is 0 Å². The van der Waals surface area contributed by atoms with E-state index in [1.165, 1.54) is 6.42 Å². The van der Waals surface area contributed by atoms with E-state index in [4.69, 9.17) is 5.73 Å². The minimum Gasteiger partial charge on any atom is -0.402 e. The standard InChI is InChI=1S/C17H30N2/c1-6-10-16(7-2)11-8-9-12-19-15(5)13-17(18)14(3)4/h6,8,11,13-14,16H,1,7,9-10,12,18H2,2-5H3/b11-8-,17-13-,19-15?. The lowest BCUT2D eigenvalue weighted by atomic mass is 10.0. The summed E-state index contributed by atoms with van der Waals surface area (Å²) in [6, 6.07) is 0. The third-order valence-corrected chi connectivity index (χ3v) is 3.10. The molecule has 0 saturated carbocycles. The molecular formula is C17H30N2. The van der Waals surface area contributed by atoms with E-state index in [0.717, 1.165) is 30.8 Å². The molecule has 0 bridgehead atoms. The maximum atomic E-state index is 5.90. The molecule has 0 radical (unpaired) electrons. The predicted molar refractivity (Wildman–Crippen MR) is 87.4 cm³/mol. The molecule has 108 valence electrons. The summed E-state index contributed by atoms with van der Waals surface area (Å²) in [7, 11) is 0. The Morgan fingerprint density at radius 1 is 1.37 bits per heavy atom. The number of hydrogen-bond acceptors (Lipinski definition) is 2. The van der Waals surface area contributed by atoms with Crippen LogP contribution in [0, 0.1) is 11.8 Å². The third-order valence-electron chi connectivity index (χ3n) is 3.10. The van der Waals surface area contributed by atoms with E-state index in [0.29, 0.717) is 11.8 Å². The lowest BCUT2D eigenvalue weighted by Crippen LogP contribution is -2.07.